The second-order valence-electron chi connectivity index (χ2n) is 6.21. The van der Waals surface area contributed by atoms with Gasteiger partial charge in [0.15, 0.2) is 0 Å². The minimum absolute atomic E-state index is 0.0614. The van der Waals surface area contributed by atoms with Gasteiger partial charge < -0.3 is 10.6 Å². The summed E-state index contributed by atoms with van der Waals surface area (Å²) in [5, 5.41) is 6.52. The molecule has 3 rings (SSSR count). The summed E-state index contributed by atoms with van der Waals surface area (Å²) < 4.78 is 0. The molecule has 2 saturated carbocycles. The Kier molecular flexibility index (Phi) is 4.24. The first-order valence-electron chi connectivity index (χ1n) is 7.96. The Labute approximate surface area is 121 Å². The minimum atomic E-state index is 0.0614. The zero-order valence-electron chi connectivity index (χ0n) is 12.0. The molecule has 0 aromatic heterocycles. The fourth-order valence-electron chi connectivity index (χ4n) is 2.89. The van der Waals surface area contributed by atoms with Crippen LogP contribution in [0.5, 0.6) is 0 Å². The lowest BCUT2D eigenvalue weighted by Crippen LogP contribution is -2.25. The van der Waals surface area contributed by atoms with Crippen molar-refractivity contribution in [2.75, 3.05) is 11.9 Å². The molecule has 1 aromatic rings. The molecule has 1 amide bonds. The van der Waals surface area contributed by atoms with Gasteiger partial charge in [-0.2, -0.15) is 0 Å². The molecule has 2 fully saturated rings. The first-order valence-corrected chi connectivity index (χ1v) is 7.96. The number of rotatable bonds is 5. The lowest BCUT2D eigenvalue weighted by atomic mass is 9.89. The largest absolute Gasteiger partial charge is 0.385 e. The van der Waals surface area contributed by atoms with Gasteiger partial charge in [0.05, 0.1) is 0 Å². The van der Waals surface area contributed by atoms with Gasteiger partial charge in [0.2, 0.25) is 0 Å². The average molecular weight is 272 g/mol. The normalized spacial score (nSPS) is 19.6. The molecule has 0 heterocycles. The number of hydrogen-bond donors (Lipinski definition) is 2. The molecule has 0 unspecified atom stereocenters. The van der Waals surface area contributed by atoms with Crippen molar-refractivity contribution in [3.8, 4) is 0 Å². The molecular formula is C17H24N2O. The van der Waals surface area contributed by atoms with Crippen LogP contribution in [0, 0.1) is 5.92 Å². The van der Waals surface area contributed by atoms with Crippen molar-refractivity contribution in [1.29, 1.82) is 0 Å². The van der Waals surface area contributed by atoms with Crippen molar-refractivity contribution >= 4 is 11.6 Å². The Morgan fingerprint density at radius 2 is 1.70 bits per heavy atom. The Morgan fingerprint density at radius 3 is 2.35 bits per heavy atom. The Balaban J connectivity index is 1.48. The third-order valence-electron chi connectivity index (χ3n) is 4.38. The fourth-order valence-corrected chi connectivity index (χ4v) is 2.89. The van der Waals surface area contributed by atoms with Crippen molar-refractivity contribution in [2.24, 2.45) is 5.92 Å². The molecule has 2 aliphatic rings. The number of amides is 1. The van der Waals surface area contributed by atoms with Crippen LogP contribution >= 0.6 is 0 Å². The van der Waals surface area contributed by atoms with E-state index in [-0.39, 0.29) is 5.91 Å². The predicted molar refractivity (Wildman–Crippen MR) is 82.0 cm³/mol. The molecule has 0 radical (unpaired) electrons. The third-order valence-corrected chi connectivity index (χ3v) is 4.38. The molecule has 2 aliphatic carbocycles. The quantitative estimate of drug-likeness (QED) is 0.860. The summed E-state index contributed by atoms with van der Waals surface area (Å²) in [7, 11) is 0. The Hall–Kier alpha value is -1.51. The summed E-state index contributed by atoms with van der Waals surface area (Å²) in [5.74, 6) is 0.882. The maximum atomic E-state index is 11.9. The second-order valence-corrected chi connectivity index (χ2v) is 6.21. The van der Waals surface area contributed by atoms with E-state index in [0.717, 1.165) is 36.6 Å². The average Bonchev–Trinajstić information content (AvgIpc) is 3.31. The van der Waals surface area contributed by atoms with Gasteiger partial charge in [-0.1, -0.05) is 19.3 Å². The highest BCUT2D eigenvalue weighted by atomic mass is 16.1. The number of carbonyl (C=O) groups is 1. The van der Waals surface area contributed by atoms with Gasteiger partial charge in [0, 0.05) is 23.8 Å². The fraction of sp³-hybridized carbons (Fsp3) is 0.588. The van der Waals surface area contributed by atoms with E-state index in [1.165, 1.54) is 32.1 Å². The van der Waals surface area contributed by atoms with Crippen LogP contribution in [0.4, 0.5) is 5.69 Å². The Bertz CT molecular complexity index is 445. The molecule has 20 heavy (non-hydrogen) atoms. The van der Waals surface area contributed by atoms with Crippen LogP contribution in [0.3, 0.4) is 0 Å². The molecule has 3 heteroatoms. The zero-order valence-corrected chi connectivity index (χ0v) is 12.0. The van der Waals surface area contributed by atoms with Crippen LogP contribution in [-0.2, 0) is 0 Å². The van der Waals surface area contributed by atoms with Crippen molar-refractivity contribution in [3.05, 3.63) is 29.8 Å². The molecule has 0 spiro atoms. The molecule has 1 aromatic carbocycles. The highest BCUT2D eigenvalue weighted by molar-refractivity contribution is 5.94. The predicted octanol–water partition coefficient (Wildman–Crippen LogP) is 3.57. The van der Waals surface area contributed by atoms with Crippen molar-refractivity contribution in [3.63, 3.8) is 0 Å². The SMILES string of the molecule is O=C(NC1CC1)c1ccc(NCC2CCCCC2)cc1. The summed E-state index contributed by atoms with van der Waals surface area (Å²) in [6.07, 6.45) is 9.14. The highest BCUT2D eigenvalue weighted by Gasteiger charge is 2.23. The number of carbonyl (C=O) groups excluding carboxylic acids is 1. The summed E-state index contributed by atoms with van der Waals surface area (Å²) in [5.41, 5.74) is 1.89. The number of benzene rings is 1. The first-order chi connectivity index (χ1) is 9.81. The molecular weight excluding hydrogens is 248 g/mol. The van der Waals surface area contributed by atoms with E-state index >= 15 is 0 Å². The molecule has 0 atom stereocenters. The van der Waals surface area contributed by atoms with Crippen LogP contribution in [0.1, 0.15) is 55.3 Å². The highest BCUT2D eigenvalue weighted by Crippen LogP contribution is 2.24. The van der Waals surface area contributed by atoms with Crippen molar-refractivity contribution in [2.45, 2.75) is 51.0 Å². The van der Waals surface area contributed by atoms with E-state index < -0.39 is 0 Å². The summed E-state index contributed by atoms with van der Waals surface area (Å²) in [4.78, 5) is 11.9. The summed E-state index contributed by atoms with van der Waals surface area (Å²) in [6.45, 7) is 1.06. The van der Waals surface area contributed by atoms with E-state index in [9.17, 15) is 4.79 Å². The molecule has 108 valence electrons. The second kappa shape index (κ2) is 6.29. The van der Waals surface area contributed by atoms with Gasteiger partial charge in [-0.15, -0.1) is 0 Å². The van der Waals surface area contributed by atoms with Gasteiger partial charge in [-0.25, -0.2) is 0 Å². The molecule has 0 bridgehead atoms. The van der Waals surface area contributed by atoms with Crippen molar-refractivity contribution in [1.82, 2.24) is 5.32 Å². The molecule has 0 aliphatic heterocycles. The van der Waals surface area contributed by atoms with Crippen LogP contribution in [0.2, 0.25) is 0 Å². The van der Waals surface area contributed by atoms with E-state index in [0.29, 0.717) is 6.04 Å². The Morgan fingerprint density at radius 1 is 1.00 bits per heavy atom. The van der Waals surface area contributed by atoms with Gasteiger partial charge in [-0.05, 0) is 55.9 Å². The summed E-state index contributed by atoms with van der Waals surface area (Å²) >= 11 is 0. The van der Waals surface area contributed by atoms with Crippen LogP contribution in [-0.4, -0.2) is 18.5 Å². The number of nitrogens with one attached hydrogen (secondary N) is 2. The van der Waals surface area contributed by atoms with E-state index in [1.54, 1.807) is 0 Å². The first kappa shape index (κ1) is 13.5. The number of hydrogen-bond acceptors (Lipinski definition) is 2. The van der Waals surface area contributed by atoms with E-state index in [2.05, 4.69) is 10.6 Å². The lowest BCUT2D eigenvalue weighted by Gasteiger charge is -2.22. The van der Waals surface area contributed by atoms with E-state index in [4.69, 9.17) is 0 Å². The standard InChI is InChI=1S/C17H24N2O/c20-17(19-16-10-11-16)14-6-8-15(9-7-14)18-12-13-4-2-1-3-5-13/h6-9,13,16,18H,1-5,10-12H2,(H,19,20). The third kappa shape index (κ3) is 3.75. The van der Waals surface area contributed by atoms with E-state index in [1.807, 2.05) is 24.3 Å². The monoisotopic (exact) mass is 272 g/mol. The van der Waals surface area contributed by atoms with Gasteiger partial charge in [-0.3, -0.25) is 4.79 Å². The van der Waals surface area contributed by atoms with Gasteiger partial charge in [0.25, 0.3) is 5.91 Å². The molecule has 0 saturated heterocycles. The van der Waals surface area contributed by atoms with Crippen LogP contribution < -0.4 is 10.6 Å². The summed E-state index contributed by atoms with van der Waals surface area (Å²) in [6, 6.07) is 8.29. The van der Waals surface area contributed by atoms with Crippen LogP contribution in [0.15, 0.2) is 24.3 Å². The van der Waals surface area contributed by atoms with Crippen LogP contribution in [0.25, 0.3) is 0 Å². The topological polar surface area (TPSA) is 41.1 Å². The molecule has 2 N–H and O–H groups in total. The smallest absolute Gasteiger partial charge is 0.251 e. The maximum Gasteiger partial charge on any atom is 0.251 e. The lowest BCUT2D eigenvalue weighted by molar-refractivity contribution is 0.0951. The minimum Gasteiger partial charge on any atom is -0.385 e. The number of anilines is 1. The van der Waals surface area contributed by atoms with Gasteiger partial charge in [0.1, 0.15) is 0 Å². The zero-order chi connectivity index (χ0) is 13.8. The van der Waals surface area contributed by atoms with Crippen molar-refractivity contribution < 1.29 is 4.79 Å². The maximum absolute atomic E-state index is 11.9. The molecule has 3 nitrogen and oxygen atoms in total. The van der Waals surface area contributed by atoms with Gasteiger partial charge >= 0.3 is 0 Å².